The van der Waals surface area contributed by atoms with Gasteiger partial charge < -0.3 is 15.5 Å². The maximum Gasteiger partial charge on any atom is 0.157 e. The lowest BCUT2D eigenvalue weighted by Crippen LogP contribution is -2.28. The van der Waals surface area contributed by atoms with E-state index < -0.39 is 0 Å². The quantitative estimate of drug-likeness (QED) is 0.638. The number of hydrogen-bond acceptors (Lipinski definition) is 3. The van der Waals surface area contributed by atoms with Gasteiger partial charge in [0.15, 0.2) is 11.5 Å². The monoisotopic (exact) mass is 237 g/mol. The third kappa shape index (κ3) is 4.65. The minimum Gasteiger partial charge on any atom is -0.504 e. The molecule has 0 saturated heterocycles. The van der Waals surface area contributed by atoms with Gasteiger partial charge in [0.2, 0.25) is 0 Å². The zero-order valence-corrected chi connectivity index (χ0v) is 10.7. The average molecular weight is 237 g/mol. The van der Waals surface area contributed by atoms with Gasteiger partial charge in [-0.15, -0.1) is 0 Å². The van der Waals surface area contributed by atoms with E-state index in [1.165, 1.54) is 31.7 Å². The molecule has 0 aromatic heterocycles. The van der Waals surface area contributed by atoms with Crippen molar-refractivity contribution in [2.45, 2.75) is 52.1 Å². The van der Waals surface area contributed by atoms with E-state index in [0.29, 0.717) is 6.04 Å². The Kier molecular flexibility index (Phi) is 5.84. The van der Waals surface area contributed by atoms with Gasteiger partial charge in [0.05, 0.1) is 0 Å². The van der Waals surface area contributed by atoms with E-state index in [-0.39, 0.29) is 11.5 Å². The van der Waals surface area contributed by atoms with Crippen molar-refractivity contribution in [3.05, 3.63) is 23.8 Å². The van der Waals surface area contributed by atoms with Crippen molar-refractivity contribution in [1.82, 2.24) is 5.32 Å². The number of phenols is 2. The zero-order chi connectivity index (χ0) is 12.7. The SMILES string of the molecule is CCCC(CCC)NCc1ccc(O)c(O)c1. The van der Waals surface area contributed by atoms with Gasteiger partial charge in [-0.2, -0.15) is 0 Å². The van der Waals surface area contributed by atoms with Crippen LogP contribution in [0.2, 0.25) is 0 Å². The second-order valence-electron chi connectivity index (χ2n) is 4.48. The van der Waals surface area contributed by atoms with E-state index in [4.69, 9.17) is 0 Å². The summed E-state index contributed by atoms with van der Waals surface area (Å²) in [4.78, 5) is 0. The number of rotatable bonds is 7. The lowest BCUT2D eigenvalue weighted by Gasteiger charge is -2.17. The lowest BCUT2D eigenvalue weighted by atomic mass is 10.1. The molecule has 17 heavy (non-hydrogen) atoms. The normalized spacial score (nSPS) is 11.0. The summed E-state index contributed by atoms with van der Waals surface area (Å²) in [5, 5.41) is 22.1. The molecule has 0 bridgehead atoms. The largest absolute Gasteiger partial charge is 0.504 e. The summed E-state index contributed by atoms with van der Waals surface area (Å²) >= 11 is 0. The fourth-order valence-corrected chi connectivity index (χ4v) is 1.99. The number of benzene rings is 1. The average Bonchev–Trinajstić information content (AvgIpc) is 2.31. The highest BCUT2D eigenvalue weighted by molar-refractivity contribution is 5.40. The summed E-state index contributed by atoms with van der Waals surface area (Å²) in [5.41, 5.74) is 0.998. The van der Waals surface area contributed by atoms with Crippen LogP contribution in [0, 0.1) is 0 Å². The molecular weight excluding hydrogens is 214 g/mol. The van der Waals surface area contributed by atoms with E-state index in [9.17, 15) is 10.2 Å². The van der Waals surface area contributed by atoms with Crippen LogP contribution in [0.3, 0.4) is 0 Å². The molecule has 0 aliphatic heterocycles. The highest BCUT2D eigenvalue weighted by atomic mass is 16.3. The maximum atomic E-state index is 9.39. The molecular formula is C14H23NO2. The van der Waals surface area contributed by atoms with Crippen LogP contribution in [0.4, 0.5) is 0 Å². The van der Waals surface area contributed by atoms with Crippen molar-refractivity contribution >= 4 is 0 Å². The smallest absolute Gasteiger partial charge is 0.157 e. The molecule has 0 unspecified atom stereocenters. The second kappa shape index (κ2) is 7.17. The molecule has 3 heteroatoms. The molecule has 1 aromatic rings. The fraction of sp³-hybridized carbons (Fsp3) is 0.571. The van der Waals surface area contributed by atoms with Crippen molar-refractivity contribution in [2.24, 2.45) is 0 Å². The first-order chi connectivity index (χ1) is 8.17. The Balaban J connectivity index is 2.49. The molecule has 0 amide bonds. The Morgan fingerprint density at radius 2 is 1.71 bits per heavy atom. The Hall–Kier alpha value is -1.22. The van der Waals surface area contributed by atoms with Crippen LogP contribution in [0.15, 0.2) is 18.2 Å². The fourth-order valence-electron chi connectivity index (χ4n) is 1.99. The van der Waals surface area contributed by atoms with Crippen molar-refractivity contribution in [3.8, 4) is 11.5 Å². The molecule has 1 aromatic carbocycles. The first-order valence-corrected chi connectivity index (χ1v) is 6.41. The van der Waals surface area contributed by atoms with Gasteiger partial charge in [-0.3, -0.25) is 0 Å². The predicted molar refractivity (Wildman–Crippen MR) is 70.2 cm³/mol. The Morgan fingerprint density at radius 3 is 2.24 bits per heavy atom. The molecule has 3 N–H and O–H groups in total. The summed E-state index contributed by atoms with van der Waals surface area (Å²) in [7, 11) is 0. The van der Waals surface area contributed by atoms with Crippen molar-refractivity contribution < 1.29 is 10.2 Å². The third-order valence-corrected chi connectivity index (χ3v) is 2.91. The number of nitrogens with one attached hydrogen (secondary N) is 1. The summed E-state index contributed by atoms with van der Waals surface area (Å²) < 4.78 is 0. The molecule has 0 aliphatic carbocycles. The van der Waals surface area contributed by atoms with Gasteiger partial charge in [-0.1, -0.05) is 32.8 Å². The number of hydrogen-bond donors (Lipinski definition) is 3. The van der Waals surface area contributed by atoms with Crippen LogP contribution in [0.5, 0.6) is 11.5 Å². The first kappa shape index (κ1) is 13.8. The maximum absolute atomic E-state index is 9.39. The van der Waals surface area contributed by atoms with E-state index in [2.05, 4.69) is 19.2 Å². The Bertz CT molecular complexity index is 333. The predicted octanol–water partition coefficient (Wildman–Crippen LogP) is 3.16. The van der Waals surface area contributed by atoms with Crippen molar-refractivity contribution in [3.63, 3.8) is 0 Å². The van der Waals surface area contributed by atoms with E-state index >= 15 is 0 Å². The van der Waals surface area contributed by atoms with Crippen LogP contribution < -0.4 is 5.32 Å². The van der Waals surface area contributed by atoms with Crippen molar-refractivity contribution in [2.75, 3.05) is 0 Å². The van der Waals surface area contributed by atoms with Gasteiger partial charge >= 0.3 is 0 Å². The van der Waals surface area contributed by atoms with Gasteiger partial charge in [0.1, 0.15) is 0 Å². The topological polar surface area (TPSA) is 52.5 Å². The third-order valence-electron chi connectivity index (χ3n) is 2.91. The first-order valence-electron chi connectivity index (χ1n) is 6.41. The van der Waals surface area contributed by atoms with E-state index in [1.54, 1.807) is 6.07 Å². The Labute approximate surface area is 103 Å². The van der Waals surface area contributed by atoms with Crippen molar-refractivity contribution in [1.29, 1.82) is 0 Å². The zero-order valence-electron chi connectivity index (χ0n) is 10.7. The second-order valence-corrected chi connectivity index (χ2v) is 4.48. The molecule has 0 fully saturated rings. The van der Waals surface area contributed by atoms with Gasteiger partial charge in [0, 0.05) is 12.6 Å². The van der Waals surface area contributed by atoms with Crippen LogP contribution in [-0.2, 0) is 6.54 Å². The summed E-state index contributed by atoms with van der Waals surface area (Å²) in [6, 6.07) is 5.51. The summed E-state index contributed by atoms with van der Waals surface area (Å²) in [6.45, 7) is 5.12. The molecule has 0 spiro atoms. The minimum atomic E-state index is -0.0626. The lowest BCUT2D eigenvalue weighted by molar-refractivity contribution is 0.401. The van der Waals surface area contributed by atoms with Gasteiger partial charge in [-0.25, -0.2) is 0 Å². The molecule has 0 aliphatic rings. The summed E-state index contributed by atoms with van der Waals surface area (Å²) in [5.74, 6) is -0.112. The highest BCUT2D eigenvalue weighted by Gasteiger charge is 2.06. The number of aromatic hydroxyl groups is 2. The van der Waals surface area contributed by atoms with Crippen LogP contribution in [-0.4, -0.2) is 16.3 Å². The molecule has 0 radical (unpaired) electrons. The molecule has 0 saturated carbocycles. The van der Waals surface area contributed by atoms with E-state index in [1.807, 2.05) is 6.07 Å². The molecule has 96 valence electrons. The van der Waals surface area contributed by atoms with E-state index in [0.717, 1.165) is 12.1 Å². The van der Waals surface area contributed by atoms with Crippen LogP contribution in [0.1, 0.15) is 45.1 Å². The molecule has 0 atom stereocenters. The standard InChI is InChI=1S/C14H23NO2/c1-3-5-12(6-4-2)15-10-11-7-8-13(16)14(17)9-11/h7-9,12,15-17H,3-6,10H2,1-2H3. The highest BCUT2D eigenvalue weighted by Crippen LogP contribution is 2.24. The Morgan fingerprint density at radius 1 is 1.06 bits per heavy atom. The molecule has 1 rings (SSSR count). The van der Waals surface area contributed by atoms with Gasteiger partial charge in [0.25, 0.3) is 0 Å². The van der Waals surface area contributed by atoms with Crippen LogP contribution in [0.25, 0.3) is 0 Å². The molecule has 3 nitrogen and oxygen atoms in total. The van der Waals surface area contributed by atoms with Crippen LogP contribution >= 0.6 is 0 Å². The summed E-state index contributed by atoms with van der Waals surface area (Å²) in [6.07, 6.45) is 4.72. The minimum absolute atomic E-state index is 0.0492. The van der Waals surface area contributed by atoms with Gasteiger partial charge in [-0.05, 0) is 30.5 Å². The molecule has 0 heterocycles. The number of phenolic OH excluding ortho intramolecular Hbond substituents is 2.